The number of halogens is 2. The normalized spacial score (nSPS) is 11.8. The Hall–Kier alpha value is -2.96. The van der Waals surface area contributed by atoms with E-state index in [0.717, 1.165) is 11.1 Å². The maximum absolute atomic E-state index is 12.4. The minimum Gasteiger partial charge on any atom is -0.449 e. The molecular weight excluding hydrogens is 344 g/mol. The van der Waals surface area contributed by atoms with Crippen molar-refractivity contribution in [2.45, 2.75) is 33.5 Å². The Balaban J connectivity index is 2.07. The molecule has 1 atom stereocenters. The molecule has 0 aliphatic heterocycles. The van der Waals surface area contributed by atoms with Crippen LogP contribution in [0.1, 0.15) is 28.4 Å². The number of esters is 1. The quantitative estimate of drug-likeness (QED) is 0.785. The highest BCUT2D eigenvalue weighted by molar-refractivity contribution is 5.98. The molecule has 1 N–H and O–H groups in total. The second kappa shape index (κ2) is 8.42. The second-order valence-electron chi connectivity index (χ2n) is 5.73. The van der Waals surface area contributed by atoms with Gasteiger partial charge in [-0.05, 0) is 50.1 Å². The van der Waals surface area contributed by atoms with E-state index >= 15 is 0 Å². The Morgan fingerprint density at radius 2 is 1.77 bits per heavy atom. The number of carbonyl (C=O) groups excluding carboxylic acids is 2. The molecule has 5 nitrogen and oxygen atoms in total. The largest absolute Gasteiger partial charge is 0.449 e. The van der Waals surface area contributed by atoms with E-state index in [9.17, 15) is 18.4 Å². The predicted octanol–water partition coefficient (Wildman–Crippen LogP) is 4.09. The number of rotatable bonds is 6. The van der Waals surface area contributed by atoms with Gasteiger partial charge in [0.15, 0.2) is 6.10 Å². The van der Waals surface area contributed by atoms with Crippen LogP contribution in [0, 0.1) is 13.8 Å². The second-order valence-corrected chi connectivity index (χ2v) is 5.73. The maximum Gasteiger partial charge on any atom is 0.387 e. The third kappa shape index (κ3) is 5.02. The molecule has 2 aromatic rings. The summed E-state index contributed by atoms with van der Waals surface area (Å²) in [5.41, 5.74) is 2.25. The molecular formula is C19H19F2NO4. The molecule has 0 fully saturated rings. The zero-order chi connectivity index (χ0) is 19.3. The first-order valence-corrected chi connectivity index (χ1v) is 7.91. The fraction of sp³-hybridized carbons (Fsp3) is 0.263. The van der Waals surface area contributed by atoms with Crippen LogP contribution >= 0.6 is 0 Å². The number of hydrogen-bond donors (Lipinski definition) is 1. The van der Waals surface area contributed by atoms with Gasteiger partial charge in [0.1, 0.15) is 11.3 Å². The molecule has 0 saturated heterocycles. The van der Waals surface area contributed by atoms with E-state index in [-0.39, 0.29) is 11.3 Å². The summed E-state index contributed by atoms with van der Waals surface area (Å²) in [7, 11) is 0. The van der Waals surface area contributed by atoms with Crippen LogP contribution in [0.15, 0.2) is 42.5 Å². The van der Waals surface area contributed by atoms with Gasteiger partial charge in [0.2, 0.25) is 0 Å². The Kier molecular flexibility index (Phi) is 6.27. The Bertz CT molecular complexity index is 808. The van der Waals surface area contributed by atoms with Gasteiger partial charge < -0.3 is 14.8 Å². The first kappa shape index (κ1) is 19.4. The van der Waals surface area contributed by atoms with Crippen molar-refractivity contribution in [1.29, 1.82) is 0 Å². The number of ether oxygens (including phenoxy) is 2. The van der Waals surface area contributed by atoms with Crippen molar-refractivity contribution in [3.05, 3.63) is 59.2 Å². The zero-order valence-corrected chi connectivity index (χ0v) is 14.6. The molecule has 0 unspecified atom stereocenters. The molecule has 0 spiro atoms. The minimum atomic E-state index is -3.08. The van der Waals surface area contributed by atoms with Crippen molar-refractivity contribution in [3.63, 3.8) is 0 Å². The van der Waals surface area contributed by atoms with Crippen LogP contribution in [-0.2, 0) is 9.53 Å². The number of carbonyl (C=O) groups is 2. The molecule has 138 valence electrons. The molecule has 2 rings (SSSR count). The van der Waals surface area contributed by atoms with E-state index in [2.05, 4.69) is 10.1 Å². The Morgan fingerprint density at radius 1 is 1.08 bits per heavy atom. The zero-order valence-electron chi connectivity index (χ0n) is 14.6. The number of anilines is 1. The lowest BCUT2D eigenvalue weighted by molar-refractivity contribution is -0.123. The number of aryl methyl sites for hydroxylation is 2. The molecule has 0 aromatic heterocycles. The van der Waals surface area contributed by atoms with Gasteiger partial charge in [-0.2, -0.15) is 8.78 Å². The van der Waals surface area contributed by atoms with Gasteiger partial charge in [-0.15, -0.1) is 0 Å². The molecule has 0 heterocycles. The average molecular weight is 363 g/mol. The van der Waals surface area contributed by atoms with Crippen LogP contribution in [0.3, 0.4) is 0 Å². The third-order valence-electron chi connectivity index (χ3n) is 3.63. The SMILES string of the molecule is Cc1ccc(C)c(NC(=O)[C@@H](C)OC(=O)c2ccccc2OC(F)F)c1. The Labute approximate surface area is 149 Å². The van der Waals surface area contributed by atoms with Gasteiger partial charge in [-0.25, -0.2) is 4.79 Å². The monoisotopic (exact) mass is 363 g/mol. The number of alkyl halides is 2. The maximum atomic E-state index is 12.4. The van der Waals surface area contributed by atoms with Crippen LogP contribution < -0.4 is 10.1 Å². The molecule has 0 aliphatic carbocycles. The van der Waals surface area contributed by atoms with Crippen molar-refractivity contribution in [2.75, 3.05) is 5.32 Å². The highest BCUT2D eigenvalue weighted by Crippen LogP contribution is 2.22. The van der Waals surface area contributed by atoms with Gasteiger partial charge in [0.25, 0.3) is 5.91 Å². The van der Waals surface area contributed by atoms with Crippen LogP contribution in [0.2, 0.25) is 0 Å². The summed E-state index contributed by atoms with van der Waals surface area (Å²) >= 11 is 0. The molecule has 0 aliphatic rings. The van der Waals surface area contributed by atoms with Crippen molar-refractivity contribution >= 4 is 17.6 Å². The lowest BCUT2D eigenvalue weighted by Crippen LogP contribution is -2.30. The lowest BCUT2D eigenvalue weighted by Gasteiger charge is -2.16. The minimum absolute atomic E-state index is 0.181. The summed E-state index contributed by atoms with van der Waals surface area (Å²) in [6.45, 7) is 2.05. The van der Waals surface area contributed by atoms with E-state index in [1.807, 2.05) is 26.0 Å². The first-order valence-electron chi connectivity index (χ1n) is 7.91. The smallest absolute Gasteiger partial charge is 0.387 e. The van der Waals surface area contributed by atoms with E-state index in [4.69, 9.17) is 4.74 Å². The van der Waals surface area contributed by atoms with Crippen LogP contribution in [0.5, 0.6) is 5.75 Å². The van der Waals surface area contributed by atoms with Gasteiger partial charge in [-0.1, -0.05) is 24.3 Å². The van der Waals surface area contributed by atoms with Gasteiger partial charge in [0.05, 0.1) is 0 Å². The molecule has 7 heteroatoms. The molecule has 26 heavy (non-hydrogen) atoms. The van der Waals surface area contributed by atoms with Gasteiger partial charge in [-0.3, -0.25) is 4.79 Å². The molecule has 0 radical (unpaired) electrons. The molecule has 1 amide bonds. The predicted molar refractivity (Wildman–Crippen MR) is 92.5 cm³/mol. The highest BCUT2D eigenvalue weighted by atomic mass is 19.3. The topological polar surface area (TPSA) is 64.6 Å². The standard InChI is InChI=1S/C19H19F2NO4/c1-11-8-9-12(2)15(10-11)22-17(23)13(3)25-18(24)14-6-4-5-7-16(14)26-19(20)21/h4-10,13,19H,1-3H3,(H,22,23)/t13-/m1/s1. The third-order valence-corrected chi connectivity index (χ3v) is 3.63. The fourth-order valence-electron chi connectivity index (χ4n) is 2.22. The van der Waals surface area contributed by atoms with Crippen LogP contribution in [0.25, 0.3) is 0 Å². The van der Waals surface area contributed by atoms with Gasteiger partial charge in [0, 0.05) is 5.69 Å². The molecule has 0 saturated carbocycles. The number of nitrogens with one attached hydrogen (secondary N) is 1. The van der Waals surface area contributed by atoms with Crippen LogP contribution in [-0.4, -0.2) is 24.6 Å². The van der Waals surface area contributed by atoms with Gasteiger partial charge >= 0.3 is 12.6 Å². The Morgan fingerprint density at radius 3 is 2.46 bits per heavy atom. The highest BCUT2D eigenvalue weighted by Gasteiger charge is 2.22. The molecule has 2 aromatic carbocycles. The summed E-state index contributed by atoms with van der Waals surface area (Å²) in [6.07, 6.45) is -1.12. The fourth-order valence-corrected chi connectivity index (χ4v) is 2.22. The average Bonchev–Trinajstić information content (AvgIpc) is 2.57. The number of para-hydroxylation sites is 1. The summed E-state index contributed by atoms with van der Waals surface area (Å²) in [4.78, 5) is 24.5. The molecule has 0 bridgehead atoms. The van der Waals surface area contributed by atoms with E-state index in [1.165, 1.54) is 31.2 Å². The summed E-state index contributed by atoms with van der Waals surface area (Å²) < 4.78 is 34.2. The van der Waals surface area contributed by atoms with E-state index < -0.39 is 24.6 Å². The van der Waals surface area contributed by atoms with E-state index in [1.54, 1.807) is 6.07 Å². The lowest BCUT2D eigenvalue weighted by atomic mass is 10.1. The number of benzene rings is 2. The number of amides is 1. The number of hydrogen-bond acceptors (Lipinski definition) is 4. The first-order chi connectivity index (χ1) is 12.3. The van der Waals surface area contributed by atoms with Crippen molar-refractivity contribution < 1.29 is 27.8 Å². The van der Waals surface area contributed by atoms with Crippen molar-refractivity contribution in [2.24, 2.45) is 0 Å². The summed E-state index contributed by atoms with van der Waals surface area (Å²) in [5, 5.41) is 2.69. The van der Waals surface area contributed by atoms with Crippen molar-refractivity contribution in [1.82, 2.24) is 0 Å². The summed E-state index contributed by atoms with van der Waals surface area (Å²) in [5.74, 6) is -1.76. The van der Waals surface area contributed by atoms with Crippen LogP contribution in [0.4, 0.5) is 14.5 Å². The van der Waals surface area contributed by atoms with E-state index in [0.29, 0.717) is 5.69 Å². The van der Waals surface area contributed by atoms with Crippen molar-refractivity contribution in [3.8, 4) is 5.75 Å². The summed E-state index contributed by atoms with van der Waals surface area (Å²) in [6, 6.07) is 11.0.